The molecular weight excluding hydrogens is 357 g/mol. The predicted molar refractivity (Wildman–Crippen MR) is 96.5 cm³/mol. The van der Waals surface area contributed by atoms with E-state index in [0.717, 1.165) is 17.8 Å². The quantitative estimate of drug-likeness (QED) is 0.604. The van der Waals surface area contributed by atoms with Crippen LogP contribution >= 0.6 is 0 Å². The Bertz CT molecular complexity index is 938. The van der Waals surface area contributed by atoms with E-state index >= 15 is 0 Å². The highest BCUT2D eigenvalue weighted by Gasteiger charge is 2.29. The topological polar surface area (TPSA) is 66.9 Å². The summed E-state index contributed by atoms with van der Waals surface area (Å²) >= 11 is 0. The molecule has 0 saturated carbocycles. The van der Waals surface area contributed by atoms with Gasteiger partial charge in [-0.25, -0.2) is 4.98 Å². The summed E-state index contributed by atoms with van der Waals surface area (Å²) in [4.78, 5) is 19.6. The van der Waals surface area contributed by atoms with Crippen molar-refractivity contribution in [2.24, 2.45) is 0 Å². The minimum absolute atomic E-state index is 0.0217. The molecule has 0 amide bonds. The van der Waals surface area contributed by atoms with Gasteiger partial charge in [0.1, 0.15) is 5.82 Å². The summed E-state index contributed by atoms with van der Waals surface area (Å²) in [7, 11) is 0. The third-order valence-corrected chi connectivity index (χ3v) is 3.69. The summed E-state index contributed by atoms with van der Waals surface area (Å²) in [6.07, 6.45) is -2.86. The Morgan fingerprint density at radius 2 is 1.48 bits per heavy atom. The molecule has 5 nitrogen and oxygen atoms in total. The fourth-order valence-corrected chi connectivity index (χ4v) is 2.30. The average Bonchev–Trinajstić information content (AvgIpc) is 2.62. The number of ketones is 1. The van der Waals surface area contributed by atoms with Gasteiger partial charge in [0.05, 0.1) is 5.56 Å². The number of nitrogens with zero attached hydrogens (tertiary/aromatic N) is 2. The first-order chi connectivity index (χ1) is 12.8. The van der Waals surface area contributed by atoms with Gasteiger partial charge >= 0.3 is 6.18 Å². The molecule has 2 aromatic carbocycles. The molecule has 1 aromatic heterocycles. The summed E-state index contributed by atoms with van der Waals surface area (Å²) < 4.78 is 37.8. The van der Waals surface area contributed by atoms with Crippen molar-refractivity contribution >= 4 is 28.9 Å². The molecular formula is C19H15F3N4O. The third-order valence-electron chi connectivity index (χ3n) is 3.69. The molecule has 0 aliphatic carbocycles. The van der Waals surface area contributed by atoms with Crippen LogP contribution in [0.15, 0.2) is 60.8 Å². The van der Waals surface area contributed by atoms with Crippen molar-refractivity contribution in [2.75, 3.05) is 10.6 Å². The zero-order valence-corrected chi connectivity index (χ0v) is 14.2. The monoisotopic (exact) mass is 372 g/mol. The fraction of sp³-hybridized carbons (Fsp3) is 0.105. The summed E-state index contributed by atoms with van der Waals surface area (Å²) in [5, 5.41) is 5.93. The smallest absolute Gasteiger partial charge is 0.340 e. The second-order valence-corrected chi connectivity index (χ2v) is 5.72. The Balaban J connectivity index is 1.71. The van der Waals surface area contributed by atoms with Crippen LogP contribution in [-0.2, 0) is 6.18 Å². The number of nitrogens with one attached hydrogen (secondary N) is 2. The second kappa shape index (κ2) is 7.45. The van der Waals surface area contributed by atoms with E-state index in [1.54, 1.807) is 30.3 Å². The van der Waals surface area contributed by atoms with E-state index in [0.29, 0.717) is 17.1 Å². The largest absolute Gasteiger partial charge is 0.416 e. The number of carbonyl (C=O) groups excluding carboxylic acids is 1. The van der Waals surface area contributed by atoms with Crippen LogP contribution in [-0.4, -0.2) is 15.8 Å². The summed E-state index contributed by atoms with van der Waals surface area (Å²) in [6.45, 7) is 1.49. The number of benzene rings is 2. The maximum Gasteiger partial charge on any atom is 0.416 e. The Kier molecular flexibility index (Phi) is 5.07. The molecule has 0 bridgehead atoms. The van der Waals surface area contributed by atoms with Gasteiger partial charge in [-0.3, -0.25) is 4.79 Å². The summed E-state index contributed by atoms with van der Waals surface area (Å²) in [5.74, 6) is 0.710. The van der Waals surface area contributed by atoms with Crippen LogP contribution in [0.1, 0.15) is 22.8 Å². The van der Waals surface area contributed by atoms with Gasteiger partial charge in [0.25, 0.3) is 0 Å². The van der Waals surface area contributed by atoms with Gasteiger partial charge in [0, 0.05) is 23.1 Å². The minimum atomic E-state index is -4.38. The molecule has 3 rings (SSSR count). The molecule has 0 radical (unpaired) electrons. The fourth-order valence-electron chi connectivity index (χ4n) is 2.30. The van der Waals surface area contributed by atoms with E-state index in [2.05, 4.69) is 20.6 Å². The first kappa shape index (κ1) is 18.4. The van der Waals surface area contributed by atoms with Crippen molar-refractivity contribution in [3.05, 3.63) is 71.9 Å². The Morgan fingerprint density at radius 1 is 0.889 bits per heavy atom. The van der Waals surface area contributed by atoms with Crippen LogP contribution in [0.2, 0.25) is 0 Å². The molecule has 3 aromatic rings. The minimum Gasteiger partial charge on any atom is -0.340 e. The molecule has 0 aliphatic heterocycles. The standard InChI is InChI=1S/C19H15F3N4O/c1-12(27)13-2-6-15(7-3-13)24-17-10-11-23-18(26-17)25-16-8-4-14(5-9-16)19(20,21)22/h2-11H,1H3,(H2,23,24,25,26). The van der Waals surface area contributed by atoms with E-state index in [1.165, 1.54) is 25.3 Å². The number of hydrogen-bond acceptors (Lipinski definition) is 5. The zero-order chi connectivity index (χ0) is 19.4. The third kappa shape index (κ3) is 4.81. The molecule has 0 spiro atoms. The van der Waals surface area contributed by atoms with E-state index in [-0.39, 0.29) is 11.7 Å². The van der Waals surface area contributed by atoms with Crippen molar-refractivity contribution in [1.29, 1.82) is 0 Å². The lowest BCUT2D eigenvalue weighted by Crippen LogP contribution is -2.05. The van der Waals surface area contributed by atoms with Crippen LogP contribution in [0.25, 0.3) is 0 Å². The Hall–Kier alpha value is -3.42. The second-order valence-electron chi connectivity index (χ2n) is 5.72. The maximum atomic E-state index is 12.6. The molecule has 0 unspecified atom stereocenters. The molecule has 138 valence electrons. The number of anilines is 4. The molecule has 0 saturated heterocycles. The number of halogens is 3. The highest BCUT2D eigenvalue weighted by atomic mass is 19.4. The highest BCUT2D eigenvalue weighted by Crippen LogP contribution is 2.30. The molecule has 0 aliphatic rings. The summed E-state index contributed by atoms with van der Waals surface area (Å²) in [6, 6.07) is 13.2. The normalized spacial score (nSPS) is 11.1. The molecule has 0 fully saturated rings. The predicted octanol–water partition coefficient (Wildman–Crippen LogP) is 5.19. The lowest BCUT2D eigenvalue weighted by atomic mass is 10.1. The highest BCUT2D eigenvalue weighted by molar-refractivity contribution is 5.94. The first-order valence-corrected chi connectivity index (χ1v) is 7.96. The molecule has 0 atom stereocenters. The van der Waals surface area contributed by atoms with Crippen molar-refractivity contribution in [3.8, 4) is 0 Å². The SMILES string of the molecule is CC(=O)c1ccc(Nc2ccnc(Nc3ccc(C(F)(F)F)cc3)n2)cc1. The lowest BCUT2D eigenvalue weighted by Gasteiger charge is -2.10. The van der Waals surface area contributed by atoms with E-state index in [9.17, 15) is 18.0 Å². The van der Waals surface area contributed by atoms with Gasteiger partial charge < -0.3 is 10.6 Å². The van der Waals surface area contributed by atoms with Gasteiger partial charge in [-0.1, -0.05) is 0 Å². The van der Waals surface area contributed by atoms with Crippen LogP contribution < -0.4 is 10.6 Å². The Morgan fingerprint density at radius 3 is 2.07 bits per heavy atom. The van der Waals surface area contributed by atoms with E-state index < -0.39 is 11.7 Å². The van der Waals surface area contributed by atoms with Gasteiger partial charge in [-0.2, -0.15) is 18.2 Å². The van der Waals surface area contributed by atoms with Gasteiger partial charge in [-0.05, 0) is 61.5 Å². The number of carbonyl (C=O) groups is 1. The number of Topliss-reactive ketones (excluding diaryl/α,β-unsaturated/α-hetero) is 1. The van der Waals surface area contributed by atoms with E-state index in [4.69, 9.17) is 0 Å². The molecule has 2 N–H and O–H groups in total. The van der Waals surface area contributed by atoms with Crippen LogP contribution in [0.5, 0.6) is 0 Å². The molecule has 27 heavy (non-hydrogen) atoms. The van der Waals surface area contributed by atoms with Crippen LogP contribution in [0, 0.1) is 0 Å². The molecule has 1 heterocycles. The van der Waals surface area contributed by atoms with Gasteiger partial charge in [0.15, 0.2) is 5.78 Å². The number of hydrogen-bond donors (Lipinski definition) is 2. The van der Waals surface area contributed by atoms with Crippen molar-refractivity contribution in [1.82, 2.24) is 9.97 Å². The number of rotatable bonds is 5. The van der Waals surface area contributed by atoms with Crippen molar-refractivity contribution in [2.45, 2.75) is 13.1 Å². The van der Waals surface area contributed by atoms with Crippen LogP contribution in [0.4, 0.5) is 36.3 Å². The lowest BCUT2D eigenvalue weighted by molar-refractivity contribution is -0.137. The maximum absolute atomic E-state index is 12.6. The van der Waals surface area contributed by atoms with Gasteiger partial charge in [0.2, 0.25) is 5.95 Å². The number of aromatic nitrogens is 2. The van der Waals surface area contributed by atoms with Crippen LogP contribution in [0.3, 0.4) is 0 Å². The van der Waals surface area contributed by atoms with Crippen molar-refractivity contribution < 1.29 is 18.0 Å². The summed E-state index contributed by atoms with van der Waals surface area (Å²) in [5.41, 5.74) is 1.05. The van der Waals surface area contributed by atoms with Crippen molar-refractivity contribution in [3.63, 3.8) is 0 Å². The molecule has 8 heteroatoms. The zero-order valence-electron chi connectivity index (χ0n) is 14.2. The Labute approximate surface area is 153 Å². The number of alkyl halides is 3. The first-order valence-electron chi connectivity index (χ1n) is 7.96. The average molecular weight is 372 g/mol. The van der Waals surface area contributed by atoms with Gasteiger partial charge in [-0.15, -0.1) is 0 Å². The van der Waals surface area contributed by atoms with E-state index in [1.807, 2.05) is 0 Å².